The first-order valence-corrected chi connectivity index (χ1v) is 5.97. The second-order valence-corrected chi connectivity index (χ2v) is 4.41. The topological polar surface area (TPSA) is 49.4 Å². The summed E-state index contributed by atoms with van der Waals surface area (Å²) in [5, 5.41) is 2.78. The lowest BCUT2D eigenvalue weighted by atomic mass is 10.1. The van der Waals surface area contributed by atoms with Gasteiger partial charge in [-0.15, -0.1) is 0 Å². The van der Waals surface area contributed by atoms with Crippen LogP contribution in [0.4, 0.5) is 0 Å². The summed E-state index contributed by atoms with van der Waals surface area (Å²) in [6, 6.07) is -0.0511. The van der Waals surface area contributed by atoms with Gasteiger partial charge in [0.05, 0.1) is 0 Å². The van der Waals surface area contributed by atoms with Crippen molar-refractivity contribution in [2.24, 2.45) is 0 Å². The van der Waals surface area contributed by atoms with E-state index in [4.69, 9.17) is 0 Å². The van der Waals surface area contributed by atoms with Gasteiger partial charge < -0.3 is 10.2 Å². The number of nitrogens with zero attached hydrogens (tertiary/aromatic N) is 1. The molecule has 0 saturated carbocycles. The number of rotatable bonds is 2. The third-order valence-corrected chi connectivity index (χ3v) is 3.33. The van der Waals surface area contributed by atoms with Gasteiger partial charge in [-0.05, 0) is 19.3 Å². The fourth-order valence-electron chi connectivity index (χ4n) is 2.36. The molecule has 88 valence electrons. The lowest BCUT2D eigenvalue weighted by molar-refractivity contribution is -0.135. The molecule has 2 amide bonds. The first-order valence-electron chi connectivity index (χ1n) is 5.97. The number of carbonyl (C=O) groups is 2. The Bertz CT molecular complexity index is 317. The Hall–Kier alpha value is -1.32. The summed E-state index contributed by atoms with van der Waals surface area (Å²) < 4.78 is 0. The molecule has 0 bridgehead atoms. The Kier molecular flexibility index (Phi) is 3.27. The van der Waals surface area contributed by atoms with Crippen LogP contribution in [-0.2, 0) is 9.59 Å². The molecule has 1 fully saturated rings. The van der Waals surface area contributed by atoms with Gasteiger partial charge in [-0.3, -0.25) is 9.59 Å². The Balaban J connectivity index is 2.10. The predicted molar refractivity (Wildman–Crippen MR) is 60.7 cm³/mol. The highest BCUT2D eigenvalue weighted by molar-refractivity contribution is 5.90. The number of carbonyl (C=O) groups excluding carboxylic acids is 2. The van der Waals surface area contributed by atoms with E-state index in [-0.39, 0.29) is 23.9 Å². The van der Waals surface area contributed by atoms with E-state index in [1.165, 1.54) is 0 Å². The maximum Gasteiger partial charge on any atom is 0.245 e. The van der Waals surface area contributed by atoms with Gasteiger partial charge in [-0.1, -0.05) is 19.1 Å². The average molecular weight is 222 g/mol. The van der Waals surface area contributed by atoms with Crippen LogP contribution in [-0.4, -0.2) is 35.3 Å². The molecule has 0 spiro atoms. The molecule has 1 saturated heterocycles. The van der Waals surface area contributed by atoms with Crippen LogP contribution in [0.2, 0.25) is 0 Å². The van der Waals surface area contributed by atoms with Crippen LogP contribution >= 0.6 is 0 Å². The van der Waals surface area contributed by atoms with Crippen molar-refractivity contribution in [3.8, 4) is 0 Å². The third-order valence-electron chi connectivity index (χ3n) is 3.33. The van der Waals surface area contributed by atoms with E-state index in [0.717, 1.165) is 12.8 Å². The van der Waals surface area contributed by atoms with Gasteiger partial charge in [0.1, 0.15) is 6.04 Å². The molecule has 1 aliphatic carbocycles. The number of hydrogen-bond donors (Lipinski definition) is 1. The molecule has 16 heavy (non-hydrogen) atoms. The quantitative estimate of drug-likeness (QED) is 0.704. The predicted octanol–water partition coefficient (Wildman–Crippen LogP) is 0.832. The Morgan fingerprint density at radius 3 is 2.69 bits per heavy atom. The maximum atomic E-state index is 12.2. The van der Waals surface area contributed by atoms with E-state index in [9.17, 15) is 9.59 Å². The first kappa shape index (κ1) is 11.2. The van der Waals surface area contributed by atoms with Crippen LogP contribution in [0.25, 0.3) is 0 Å². The third kappa shape index (κ3) is 2.10. The van der Waals surface area contributed by atoms with Crippen LogP contribution in [0.5, 0.6) is 0 Å². The summed E-state index contributed by atoms with van der Waals surface area (Å²) in [6.07, 6.45) is 7.17. The van der Waals surface area contributed by atoms with Gasteiger partial charge in [-0.25, -0.2) is 0 Å². The van der Waals surface area contributed by atoms with Crippen LogP contribution in [0, 0.1) is 0 Å². The van der Waals surface area contributed by atoms with Gasteiger partial charge in [0.2, 0.25) is 11.8 Å². The van der Waals surface area contributed by atoms with Crippen molar-refractivity contribution in [1.29, 1.82) is 0 Å². The zero-order valence-electron chi connectivity index (χ0n) is 9.61. The lowest BCUT2D eigenvalue weighted by Crippen LogP contribution is -2.47. The Labute approximate surface area is 95.7 Å². The van der Waals surface area contributed by atoms with Crippen LogP contribution in [0.15, 0.2) is 12.2 Å². The summed E-state index contributed by atoms with van der Waals surface area (Å²) in [5.41, 5.74) is 0. The highest BCUT2D eigenvalue weighted by Crippen LogP contribution is 2.20. The lowest BCUT2D eigenvalue weighted by Gasteiger charge is -2.29. The monoisotopic (exact) mass is 222 g/mol. The normalized spacial score (nSPS) is 27.1. The minimum absolute atomic E-state index is 0.00587. The standard InChI is InChI=1S/C12H18N2O2/c1-2-10-12(16)14(8-7-11(15)13-10)9-5-3-4-6-9/h3-4,9-10H,2,5-8H2,1H3,(H,13,15). The maximum absolute atomic E-state index is 12.2. The van der Waals surface area contributed by atoms with Crippen LogP contribution in [0.3, 0.4) is 0 Å². The van der Waals surface area contributed by atoms with Gasteiger partial charge in [0, 0.05) is 19.0 Å². The zero-order valence-corrected chi connectivity index (χ0v) is 9.61. The fourth-order valence-corrected chi connectivity index (χ4v) is 2.36. The van der Waals surface area contributed by atoms with Crippen molar-refractivity contribution in [3.05, 3.63) is 12.2 Å². The molecule has 0 aromatic heterocycles. The minimum Gasteiger partial charge on any atom is -0.344 e. The molecule has 1 N–H and O–H groups in total. The van der Waals surface area contributed by atoms with E-state index in [1.54, 1.807) is 0 Å². The Morgan fingerprint density at radius 1 is 1.38 bits per heavy atom. The average Bonchev–Trinajstić information content (AvgIpc) is 2.75. The molecule has 1 heterocycles. The van der Waals surface area contributed by atoms with E-state index < -0.39 is 0 Å². The fraction of sp³-hybridized carbons (Fsp3) is 0.667. The molecule has 4 heteroatoms. The molecule has 1 atom stereocenters. The van der Waals surface area contributed by atoms with Gasteiger partial charge in [-0.2, -0.15) is 0 Å². The second-order valence-electron chi connectivity index (χ2n) is 4.41. The molecular formula is C12H18N2O2. The van der Waals surface area contributed by atoms with Crippen molar-refractivity contribution < 1.29 is 9.59 Å². The van der Waals surface area contributed by atoms with Crippen molar-refractivity contribution in [2.45, 2.75) is 44.7 Å². The van der Waals surface area contributed by atoms with Crippen molar-refractivity contribution in [3.63, 3.8) is 0 Å². The molecule has 1 unspecified atom stereocenters. The van der Waals surface area contributed by atoms with Crippen LogP contribution < -0.4 is 5.32 Å². The highest BCUT2D eigenvalue weighted by Gasteiger charge is 2.32. The second kappa shape index (κ2) is 4.68. The summed E-state index contributed by atoms with van der Waals surface area (Å²) in [6.45, 7) is 2.49. The SMILES string of the molecule is CCC1NC(=O)CCN(C2CC=CC2)C1=O. The zero-order chi connectivity index (χ0) is 11.5. The smallest absolute Gasteiger partial charge is 0.245 e. The highest BCUT2D eigenvalue weighted by atomic mass is 16.2. The van der Waals surface area contributed by atoms with E-state index >= 15 is 0 Å². The molecule has 4 nitrogen and oxygen atoms in total. The molecule has 2 rings (SSSR count). The summed E-state index contributed by atoms with van der Waals surface area (Å²) in [5.74, 6) is 0.0794. The van der Waals surface area contributed by atoms with Gasteiger partial charge >= 0.3 is 0 Å². The van der Waals surface area contributed by atoms with E-state index in [0.29, 0.717) is 19.4 Å². The molecule has 1 aliphatic heterocycles. The largest absolute Gasteiger partial charge is 0.344 e. The molecule has 0 radical (unpaired) electrons. The Morgan fingerprint density at radius 2 is 2.06 bits per heavy atom. The molecule has 0 aromatic rings. The van der Waals surface area contributed by atoms with Gasteiger partial charge in [0.15, 0.2) is 0 Å². The summed E-state index contributed by atoms with van der Waals surface area (Å²) in [4.78, 5) is 25.5. The molecular weight excluding hydrogens is 204 g/mol. The van der Waals surface area contributed by atoms with Gasteiger partial charge in [0.25, 0.3) is 0 Å². The van der Waals surface area contributed by atoms with E-state index in [1.807, 2.05) is 11.8 Å². The molecule has 0 aromatic carbocycles. The minimum atomic E-state index is -0.324. The molecule has 2 aliphatic rings. The van der Waals surface area contributed by atoms with Crippen molar-refractivity contribution in [2.75, 3.05) is 6.54 Å². The number of hydrogen-bond acceptors (Lipinski definition) is 2. The summed E-state index contributed by atoms with van der Waals surface area (Å²) in [7, 11) is 0. The van der Waals surface area contributed by atoms with Crippen molar-refractivity contribution in [1.82, 2.24) is 10.2 Å². The summed E-state index contributed by atoms with van der Waals surface area (Å²) >= 11 is 0. The number of nitrogens with one attached hydrogen (secondary N) is 1. The van der Waals surface area contributed by atoms with E-state index in [2.05, 4.69) is 17.5 Å². The first-order chi connectivity index (χ1) is 7.72. The number of amides is 2. The van der Waals surface area contributed by atoms with Crippen molar-refractivity contribution >= 4 is 11.8 Å². The van der Waals surface area contributed by atoms with Crippen LogP contribution in [0.1, 0.15) is 32.6 Å².